The molecule has 3 N–H and O–H groups in total. The van der Waals surface area contributed by atoms with Gasteiger partial charge in [-0.05, 0) is 29.8 Å². The van der Waals surface area contributed by atoms with Gasteiger partial charge >= 0.3 is 5.69 Å². The van der Waals surface area contributed by atoms with Gasteiger partial charge < -0.3 is 5.73 Å². The summed E-state index contributed by atoms with van der Waals surface area (Å²) in [7, 11) is 0. The molecule has 1 aromatic carbocycles. The maximum atomic E-state index is 11.7. The lowest BCUT2D eigenvalue weighted by Gasteiger charge is -2.09. The second kappa shape index (κ2) is 4.28. The second-order valence-corrected chi connectivity index (χ2v) is 3.76. The Hall–Kier alpha value is -2.70. The van der Waals surface area contributed by atoms with Crippen LogP contribution in [0.3, 0.4) is 0 Å². The third-order valence-electron chi connectivity index (χ3n) is 2.47. The fourth-order valence-corrected chi connectivity index (χ4v) is 1.66. The topological polar surface area (TPSA) is 110 Å². The number of nitrogens with one attached hydrogen (secondary N) is 1. The van der Waals surface area contributed by atoms with Crippen LogP contribution in [-0.4, -0.2) is 9.55 Å². The molecule has 1 aromatic heterocycles. The van der Waals surface area contributed by atoms with Gasteiger partial charge in [-0.1, -0.05) is 12.1 Å². The van der Waals surface area contributed by atoms with E-state index in [1.54, 1.807) is 18.2 Å². The van der Waals surface area contributed by atoms with E-state index in [-0.39, 0.29) is 5.82 Å². The molecule has 7 heteroatoms. The van der Waals surface area contributed by atoms with Crippen LogP contribution in [0.5, 0.6) is 0 Å². The molecule has 0 aliphatic carbocycles. The van der Waals surface area contributed by atoms with Crippen LogP contribution in [0.25, 0.3) is 5.69 Å². The van der Waals surface area contributed by atoms with Crippen LogP contribution in [0.1, 0.15) is 5.56 Å². The minimum absolute atomic E-state index is 0.274. The lowest BCUT2D eigenvalue weighted by Crippen LogP contribution is -2.30. The Balaban J connectivity index is 2.84. The molecule has 92 valence electrons. The van der Waals surface area contributed by atoms with E-state index in [0.29, 0.717) is 5.69 Å². The summed E-state index contributed by atoms with van der Waals surface area (Å²) >= 11 is 0. The summed E-state index contributed by atoms with van der Waals surface area (Å²) < 4.78 is 1.03. The van der Waals surface area contributed by atoms with E-state index in [2.05, 4.69) is 5.18 Å². The average molecular weight is 246 g/mol. The summed E-state index contributed by atoms with van der Waals surface area (Å²) in [4.78, 5) is 35.6. The van der Waals surface area contributed by atoms with Crippen molar-refractivity contribution >= 4 is 11.5 Å². The number of aromatic nitrogens is 2. The molecule has 2 rings (SSSR count). The molecule has 0 fully saturated rings. The number of anilines is 1. The zero-order valence-corrected chi connectivity index (χ0v) is 9.51. The SMILES string of the molecule is Cc1cccc(-n2c(N)c(N=O)c(=O)[nH]c2=O)c1. The maximum Gasteiger partial charge on any atom is 0.334 e. The van der Waals surface area contributed by atoms with Crippen molar-refractivity contribution in [3.8, 4) is 5.69 Å². The van der Waals surface area contributed by atoms with Gasteiger partial charge in [0.2, 0.25) is 5.69 Å². The van der Waals surface area contributed by atoms with Crippen molar-refractivity contribution in [3.05, 3.63) is 55.6 Å². The molecule has 0 saturated carbocycles. The number of nitrogens with zero attached hydrogens (tertiary/aromatic N) is 2. The number of H-pyrrole nitrogens is 1. The zero-order valence-electron chi connectivity index (χ0n) is 9.51. The third kappa shape index (κ3) is 1.81. The number of rotatable bonds is 2. The van der Waals surface area contributed by atoms with Gasteiger partial charge in [0.05, 0.1) is 5.69 Å². The molecule has 18 heavy (non-hydrogen) atoms. The summed E-state index contributed by atoms with van der Waals surface area (Å²) in [5.41, 5.74) is 4.88. The molecule has 0 atom stereocenters. The highest BCUT2D eigenvalue weighted by Gasteiger charge is 2.13. The summed E-state index contributed by atoms with van der Waals surface area (Å²) in [5, 5.41) is 2.54. The first-order chi connectivity index (χ1) is 8.54. The third-order valence-corrected chi connectivity index (χ3v) is 2.47. The van der Waals surface area contributed by atoms with E-state index in [0.717, 1.165) is 10.1 Å². The monoisotopic (exact) mass is 246 g/mol. The first-order valence-corrected chi connectivity index (χ1v) is 5.10. The van der Waals surface area contributed by atoms with Crippen LogP contribution in [0.15, 0.2) is 39.0 Å². The van der Waals surface area contributed by atoms with E-state index in [1.165, 1.54) is 0 Å². The fourth-order valence-electron chi connectivity index (χ4n) is 1.66. The van der Waals surface area contributed by atoms with Crippen molar-refractivity contribution in [3.63, 3.8) is 0 Å². The van der Waals surface area contributed by atoms with Gasteiger partial charge in [-0.25, -0.2) is 9.36 Å². The highest BCUT2D eigenvalue weighted by atomic mass is 16.3. The molecule has 0 unspecified atom stereocenters. The summed E-state index contributed by atoms with van der Waals surface area (Å²) in [5.74, 6) is -0.274. The Morgan fingerprint density at radius 2 is 2.06 bits per heavy atom. The van der Waals surface area contributed by atoms with Crippen molar-refractivity contribution < 1.29 is 0 Å². The first-order valence-electron chi connectivity index (χ1n) is 5.10. The second-order valence-electron chi connectivity index (χ2n) is 3.76. The van der Waals surface area contributed by atoms with Gasteiger partial charge in [0.25, 0.3) is 5.56 Å². The number of aromatic amines is 1. The maximum absolute atomic E-state index is 11.7. The Labute approximate surface area is 101 Å². The number of benzene rings is 1. The largest absolute Gasteiger partial charge is 0.383 e. The number of nitrogen functional groups attached to an aromatic ring is 1. The molecule has 0 aliphatic rings. The van der Waals surface area contributed by atoms with Crippen LogP contribution in [0.2, 0.25) is 0 Å². The number of nitrogens with two attached hydrogens (primary N) is 1. The smallest absolute Gasteiger partial charge is 0.334 e. The van der Waals surface area contributed by atoms with Crippen molar-refractivity contribution in [1.82, 2.24) is 9.55 Å². The van der Waals surface area contributed by atoms with E-state index in [9.17, 15) is 14.5 Å². The summed E-state index contributed by atoms with van der Waals surface area (Å²) in [6.45, 7) is 1.84. The van der Waals surface area contributed by atoms with E-state index >= 15 is 0 Å². The predicted octanol–water partition coefficient (Wildman–Crippen LogP) is 0.814. The lowest BCUT2D eigenvalue weighted by molar-refractivity contribution is 0.906. The highest BCUT2D eigenvalue weighted by Crippen LogP contribution is 2.18. The van der Waals surface area contributed by atoms with Crippen molar-refractivity contribution in [2.75, 3.05) is 5.73 Å². The molecule has 0 bridgehead atoms. The van der Waals surface area contributed by atoms with Gasteiger partial charge in [-0.2, -0.15) is 0 Å². The minimum Gasteiger partial charge on any atom is -0.383 e. The van der Waals surface area contributed by atoms with Crippen LogP contribution < -0.4 is 17.0 Å². The van der Waals surface area contributed by atoms with Gasteiger partial charge in [-0.15, -0.1) is 4.91 Å². The Morgan fingerprint density at radius 3 is 2.67 bits per heavy atom. The molecule has 0 spiro atoms. The van der Waals surface area contributed by atoms with E-state index in [4.69, 9.17) is 5.73 Å². The molecule has 0 aliphatic heterocycles. The Morgan fingerprint density at radius 1 is 1.33 bits per heavy atom. The molecule has 0 saturated heterocycles. The lowest BCUT2D eigenvalue weighted by atomic mass is 10.2. The summed E-state index contributed by atoms with van der Waals surface area (Å²) in [6.07, 6.45) is 0. The van der Waals surface area contributed by atoms with Crippen LogP contribution in [-0.2, 0) is 0 Å². The molecule has 2 aromatic rings. The summed E-state index contributed by atoms with van der Waals surface area (Å²) in [6, 6.07) is 6.91. The van der Waals surface area contributed by atoms with Crippen molar-refractivity contribution in [2.45, 2.75) is 6.92 Å². The van der Waals surface area contributed by atoms with Gasteiger partial charge in [0, 0.05) is 0 Å². The Kier molecular flexibility index (Phi) is 2.80. The van der Waals surface area contributed by atoms with Crippen LogP contribution >= 0.6 is 0 Å². The normalized spacial score (nSPS) is 10.3. The standard InChI is InChI=1S/C11H10N4O3/c1-6-3-2-4-7(5-6)15-9(12)8(14-18)10(16)13-11(15)17/h2-5H,12H2,1H3,(H,13,16,17). The fraction of sp³-hybridized carbons (Fsp3) is 0.0909. The van der Waals surface area contributed by atoms with Crippen LogP contribution in [0.4, 0.5) is 11.5 Å². The minimum atomic E-state index is -0.892. The molecular formula is C11H10N4O3. The van der Waals surface area contributed by atoms with E-state index in [1.807, 2.05) is 18.0 Å². The van der Waals surface area contributed by atoms with Gasteiger partial charge in [0.1, 0.15) is 5.82 Å². The van der Waals surface area contributed by atoms with Gasteiger partial charge in [-0.3, -0.25) is 9.78 Å². The van der Waals surface area contributed by atoms with Gasteiger partial charge in [0.15, 0.2) is 0 Å². The quantitative estimate of drug-likeness (QED) is 0.764. The molecule has 7 nitrogen and oxygen atoms in total. The molecular weight excluding hydrogens is 236 g/mol. The molecule has 0 radical (unpaired) electrons. The number of hydrogen-bond acceptors (Lipinski definition) is 5. The number of nitroso groups, excluding NO2 is 1. The average Bonchev–Trinajstić information content (AvgIpc) is 2.28. The molecule has 1 heterocycles. The number of aryl methyl sites for hydroxylation is 1. The number of hydrogen-bond donors (Lipinski definition) is 2. The van der Waals surface area contributed by atoms with Crippen molar-refractivity contribution in [2.24, 2.45) is 5.18 Å². The first kappa shape index (κ1) is 11.8. The Bertz CT molecular complexity index is 730. The molecule has 0 amide bonds. The van der Waals surface area contributed by atoms with Crippen molar-refractivity contribution in [1.29, 1.82) is 0 Å². The van der Waals surface area contributed by atoms with E-state index < -0.39 is 16.9 Å². The zero-order chi connectivity index (χ0) is 13.3. The highest BCUT2D eigenvalue weighted by molar-refractivity contribution is 5.59. The van der Waals surface area contributed by atoms with Crippen LogP contribution in [0, 0.1) is 11.8 Å². The predicted molar refractivity (Wildman–Crippen MR) is 67.3 cm³/mol.